The summed E-state index contributed by atoms with van der Waals surface area (Å²) in [5.41, 5.74) is 3.07. The number of rotatable bonds is 4. The zero-order valence-electron chi connectivity index (χ0n) is 10.4. The SMILES string of the molecule is COc1cc(C)nc(CNc2ccccc2I)c1. The van der Waals surface area contributed by atoms with Gasteiger partial charge in [0.1, 0.15) is 5.75 Å². The first kappa shape index (κ1) is 13.1. The van der Waals surface area contributed by atoms with Crippen LogP contribution in [0.5, 0.6) is 5.75 Å². The van der Waals surface area contributed by atoms with Crippen molar-refractivity contribution in [2.75, 3.05) is 12.4 Å². The third kappa shape index (κ3) is 3.35. The number of para-hydroxylation sites is 1. The molecule has 0 fully saturated rings. The van der Waals surface area contributed by atoms with Gasteiger partial charge in [0.05, 0.1) is 19.3 Å². The number of hydrogen-bond acceptors (Lipinski definition) is 3. The first-order chi connectivity index (χ1) is 8.69. The second kappa shape index (κ2) is 6.04. The predicted molar refractivity (Wildman–Crippen MR) is 82.0 cm³/mol. The summed E-state index contributed by atoms with van der Waals surface area (Å²) in [5.74, 6) is 0.849. The van der Waals surface area contributed by atoms with Gasteiger partial charge in [-0.3, -0.25) is 4.98 Å². The predicted octanol–water partition coefficient (Wildman–Crippen LogP) is 3.62. The van der Waals surface area contributed by atoms with Crippen molar-refractivity contribution in [2.45, 2.75) is 13.5 Å². The number of anilines is 1. The number of methoxy groups -OCH3 is 1. The van der Waals surface area contributed by atoms with Gasteiger partial charge in [0.15, 0.2) is 0 Å². The van der Waals surface area contributed by atoms with Crippen LogP contribution in [-0.4, -0.2) is 12.1 Å². The molecular formula is C14H15IN2O. The molecule has 1 heterocycles. The second-order valence-electron chi connectivity index (χ2n) is 3.97. The standard InChI is InChI=1S/C14H15IN2O/c1-10-7-12(18-2)8-11(17-10)9-16-14-6-4-3-5-13(14)15/h3-8,16H,9H2,1-2H3. The van der Waals surface area contributed by atoms with E-state index < -0.39 is 0 Å². The topological polar surface area (TPSA) is 34.1 Å². The molecule has 0 aliphatic carbocycles. The van der Waals surface area contributed by atoms with Gasteiger partial charge in [-0.15, -0.1) is 0 Å². The fraction of sp³-hybridized carbons (Fsp3) is 0.214. The van der Waals surface area contributed by atoms with Crippen LogP contribution in [0.2, 0.25) is 0 Å². The Morgan fingerprint density at radius 2 is 2.06 bits per heavy atom. The molecule has 3 nitrogen and oxygen atoms in total. The van der Waals surface area contributed by atoms with Crippen LogP contribution in [0.4, 0.5) is 5.69 Å². The van der Waals surface area contributed by atoms with Gasteiger partial charge >= 0.3 is 0 Å². The van der Waals surface area contributed by atoms with E-state index in [1.54, 1.807) is 7.11 Å². The lowest BCUT2D eigenvalue weighted by Gasteiger charge is -2.09. The number of hydrogen-bond donors (Lipinski definition) is 1. The van der Waals surface area contributed by atoms with E-state index in [2.05, 4.69) is 45.0 Å². The summed E-state index contributed by atoms with van der Waals surface area (Å²) in [6, 6.07) is 12.1. The first-order valence-corrected chi connectivity index (χ1v) is 6.77. The lowest BCUT2D eigenvalue weighted by atomic mass is 10.2. The number of halogens is 1. The van der Waals surface area contributed by atoms with Gasteiger partial charge < -0.3 is 10.1 Å². The molecule has 4 heteroatoms. The molecular weight excluding hydrogens is 339 g/mol. The minimum atomic E-state index is 0.693. The van der Waals surface area contributed by atoms with Crippen molar-refractivity contribution in [1.82, 2.24) is 4.98 Å². The van der Waals surface area contributed by atoms with Gasteiger partial charge in [-0.2, -0.15) is 0 Å². The molecule has 0 amide bonds. The van der Waals surface area contributed by atoms with Crippen LogP contribution in [0, 0.1) is 10.5 Å². The highest BCUT2D eigenvalue weighted by molar-refractivity contribution is 14.1. The summed E-state index contributed by atoms with van der Waals surface area (Å²) in [6.45, 7) is 2.66. The summed E-state index contributed by atoms with van der Waals surface area (Å²) >= 11 is 2.32. The van der Waals surface area contributed by atoms with E-state index in [1.165, 1.54) is 3.57 Å². The summed E-state index contributed by atoms with van der Waals surface area (Å²) in [7, 11) is 1.67. The van der Waals surface area contributed by atoms with Crippen LogP contribution in [0.25, 0.3) is 0 Å². The molecule has 0 aliphatic heterocycles. The highest BCUT2D eigenvalue weighted by Gasteiger charge is 2.02. The summed E-state index contributed by atoms with van der Waals surface area (Å²) in [5, 5.41) is 3.38. The van der Waals surface area contributed by atoms with Gasteiger partial charge in [0, 0.05) is 27.1 Å². The lowest BCUT2D eigenvalue weighted by Crippen LogP contribution is -2.04. The Morgan fingerprint density at radius 3 is 2.78 bits per heavy atom. The average Bonchev–Trinajstić information content (AvgIpc) is 2.37. The number of nitrogens with one attached hydrogen (secondary N) is 1. The van der Waals surface area contributed by atoms with Crippen LogP contribution in [0.3, 0.4) is 0 Å². The first-order valence-electron chi connectivity index (χ1n) is 5.69. The number of aryl methyl sites for hydroxylation is 1. The van der Waals surface area contributed by atoms with E-state index in [4.69, 9.17) is 4.74 Å². The molecule has 0 atom stereocenters. The Kier molecular flexibility index (Phi) is 4.41. The molecule has 0 aliphatic rings. The van der Waals surface area contributed by atoms with Crippen LogP contribution in [-0.2, 0) is 6.54 Å². The monoisotopic (exact) mass is 354 g/mol. The molecule has 0 bridgehead atoms. The van der Waals surface area contributed by atoms with Gasteiger partial charge in [-0.1, -0.05) is 12.1 Å². The Morgan fingerprint density at radius 1 is 1.28 bits per heavy atom. The van der Waals surface area contributed by atoms with E-state index >= 15 is 0 Å². The molecule has 2 aromatic rings. The number of benzene rings is 1. The Balaban J connectivity index is 2.11. The zero-order valence-corrected chi connectivity index (χ0v) is 12.6. The summed E-state index contributed by atoms with van der Waals surface area (Å²) in [4.78, 5) is 4.48. The highest BCUT2D eigenvalue weighted by atomic mass is 127. The average molecular weight is 354 g/mol. The zero-order chi connectivity index (χ0) is 13.0. The van der Waals surface area contributed by atoms with Crippen molar-refractivity contribution in [3.63, 3.8) is 0 Å². The van der Waals surface area contributed by atoms with Gasteiger partial charge in [-0.05, 0) is 41.6 Å². The normalized spacial score (nSPS) is 10.2. The summed E-state index contributed by atoms with van der Waals surface area (Å²) < 4.78 is 6.45. The summed E-state index contributed by atoms with van der Waals surface area (Å²) in [6.07, 6.45) is 0. The van der Waals surface area contributed by atoms with Crippen LogP contribution >= 0.6 is 22.6 Å². The molecule has 18 heavy (non-hydrogen) atoms. The molecule has 0 unspecified atom stereocenters. The number of aromatic nitrogens is 1. The van der Waals surface area contributed by atoms with Crippen molar-refractivity contribution in [2.24, 2.45) is 0 Å². The Hall–Kier alpha value is -1.30. The van der Waals surface area contributed by atoms with Crippen LogP contribution in [0.1, 0.15) is 11.4 Å². The van der Waals surface area contributed by atoms with Crippen molar-refractivity contribution in [3.8, 4) is 5.75 Å². The third-order valence-corrected chi connectivity index (χ3v) is 3.49. The maximum Gasteiger partial charge on any atom is 0.122 e. The fourth-order valence-corrected chi connectivity index (χ4v) is 2.28. The van der Waals surface area contributed by atoms with E-state index in [9.17, 15) is 0 Å². The second-order valence-corrected chi connectivity index (χ2v) is 5.14. The molecule has 1 N–H and O–H groups in total. The molecule has 0 radical (unpaired) electrons. The van der Waals surface area contributed by atoms with Crippen molar-refractivity contribution in [3.05, 3.63) is 51.4 Å². The molecule has 0 saturated heterocycles. The quantitative estimate of drug-likeness (QED) is 0.852. The molecule has 1 aromatic heterocycles. The van der Waals surface area contributed by atoms with E-state index in [-0.39, 0.29) is 0 Å². The van der Waals surface area contributed by atoms with Gasteiger partial charge in [0.2, 0.25) is 0 Å². The van der Waals surface area contributed by atoms with E-state index in [1.807, 2.05) is 31.2 Å². The largest absolute Gasteiger partial charge is 0.497 e. The van der Waals surface area contributed by atoms with Crippen LogP contribution < -0.4 is 10.1 Å². The van der Waals surface area contributed by atoms with E-state index in [0.29, 0.717) is 6.54 Å². The minimum absolute atomic E-state index is 0.693. The van der Waals surface area contributed by atoms with Crippen molar-refractivity contribution >= 4 is 28.3 Å². The van der Waals surface area contributed by atoms with Gasteiger partial charge in [-0.25, -0.2) is 0 Å². The number of ether oxygens (including phenoxy) is 1. The maximum absolute atomic E-state index is 5.24. The number of nitrogens with zero attached hydrogens (tertiary/aromatic N) is 1. The Bertz CT molecular complexity index is 543. The van der Waals surface area contributed by atoms with Crippen molar-refractivity contribution < 1.29 is 4.74 Å². The van der Waals surface area contributed by atoms with E-state index in [0.717, 1.165) is 22.8 Å². The molecule has 0 saturated carbocycles. The molecule has 1 aromatic carbocycles. The fourth-order valence-electron chi connectivity index (χ4n) is 1.70. The Labute approximate surface area is 121 Å². The maximum atomic E-state index is 5.24. The number of pyridine rings is 1. The lowest BCUT2D eigenvalue weighted by molar-refractivity contribution is 0.413. The third-order valence-electron chi connectivity index (χ3n) is 2.55. The van der Waals surface area contributed by atoms with Crippen LogP contribution in [0.15, 0.2) is 36.4 Å². The molecule has 2 rings (SSSR count). The molecule has 0 spiro atoms. The smallest absolute Gasteiger partial charge is 0.122 e. The minimum Gasteiger partial charge on any atom is -0.497 e. The molecule has 94 valence electrons. The van der Waals surface area contributed by atoms with Gasteiger partial charge in [0.25, 0.3) is 0 Å². The highest BCUT2D eigenvalue weighted by Crippen LogP contribution is 2.19. The van der Waals surface area contributed by atoms with Crippen molar-refractivity contribution in [1.29, 1.82) is 0 Å².